The molecule has 1 aliphatic rings. The number of carbonyl (C=O) groups excluding carboxylic acids is 2. The molecular weight excluding hydrogens is 442 g/mol. The summed E-state index contributed by atoms with van der Waals surface area (Å²) in [4.78, 5) is 31.2. The van der Waals surface area contributed by atoms with Crippen LogP contribution in [0.25, 0.3) is 11.4 Å². The summed E-state index contributed by atoms with van der Waals surface area (Å²) in [5.41, 5.74) is 1.00. The molecule has 3 aromatic rings. The van der Waals surface area contributed by atoms with Gasteiger partial charge in [0.05, 0.1) is 5.56 Å². The summed E-state index contributed by atoms with van der Waals surface area (Å²) in [6.45, 7) is 6.61. The second-order valence-electron chi connectivity index (χ2n) is 9.43. The SMILES string of the molecule is CC(C)(C)c1nc(-c2ccc(NC(=O)C3CCN(C(=O)c4ccc(F)cc4F)CC3)cc2)no1. The quantitative estimate of drug-likeness (QED) is 0.594. The summed E-state index contributed by atoms with van der Waals surface area (Å²) in [6.07, 6.45) is 0.911. The van der Waals surface area contributed by atoms with Gasteiger partial charge >= 0.3 is 0 Å². The maximum absolute atomic E-state index is 13.9. The van der Waals surface area contributed by atoms with Crippen molar-refractivity contribution in [2.24, 2.45) is 5.92 Å². The third-order valence-electron chi connectivity index (χ3n) is 5.79. The van der Waals surface area contributed by atoms with E-state index in [1.807, 2.05) is 32.9 Å². The molecule has 1 aliphatic heterocycles. The van der Waals surface area contributed by atoms with Crippen molar-refractivity contribution in [2.75, 3.05) is 18.4 Å². The van der Waals surface area contributed by atoms with Crippen LogP contribution in [0.4, 0.5) is 14.5 Å². The van der Waals surface area contributed by atoms with Gasteiger partial charge in [0.2, 0.25) is 17.6 Å². The van der Waals surface area contributed by atoms with Crippen molar-refractivity contribution in [3.8, 4) is 11.4 Å². The minimum absolute atomic E-state index is 0.137. The molecule has 0 spiro atoms. The number of nitrogens with one attached hydrogen (secondary N) is 1. The van der Waals surface area contributed by atoms with Gasteiger partial charge in [-0.2, -0.15) is 4.98 Å². The normalized spacial score (nSPS) is 14.8. The van der Waals surface area contributed by atoms with Gasteiger partial charge in [0, 0.05) is 41.7 Å². The molecule has 2 amide bonds. The molecule has 0 atom stereocenters. The molecule has 1 fully saturated rings. The zero-order chi connectivity index (χ0) is 24.5. The first kappa shape index (κ1) is 23.5. The van der Waals surface area contributed by atoms with E-state index in [9.17, 15) is 18.4 Å². The number of halogens is 2. The van der Waals surface area contributed by atoms with E-state index in [-0.39, 0.29) is 22.8 Å². The first-order valence-corrected chi connectivity index (χ1v) is 11.1. The minimum atomic E-state index is -0.885. The summed E-state index contributed by atoms with van der Waals surface area (Å²) in [5.74, 6) is -1.49. The van der Waals surface area contributed by atoms with Crippen molar-refractivity contribution in [1.29, 1.82) is 0 Å². The van der Waals surface area contributed by atoms with Crippen LogP contribution in [0.1, 0.15) is 49.9 Å². The molecule has 1 aromatic heterocycles. The Balaban J connectivity index is 1.32. The van der Waals surface area contributed by atoms with Crippen LogP contribution in [0.5, 0.6) is 0 Å². The van der Waals surface area contributed by atoms with Crippen LogP contribution < -0.4 is 5.32 Å². The van der Waals surface area contributed by atoms with Gasteiger partial charge in [-0.1, -0.05) is 25.9 Å². The molecule has 0 radical (unpaired) electrons. The zero-order valence-corrected chi connectivity index (χ0v) is 19.3. The van der Waals surface area contributed by atoms with E-state index in [1.165, 1.54) is 4.90 Å². The third kappa shape index (κ3) is 5.13. The first-order valence-electron chi connectivity index (χ1n) is 11.1. The molecule has 2 aromatic carbocycles. The van der Waals surface area contributed by atoms with E-state index in [2.05, 4.69) is 15.5 Å². The standard InChI is InChI=1S/C25H26F2N4O3/c1-25(2,3)24-29-21(30-34-24)15-4-7-18(8-5-15)28-22(32)16-10-12-31(13-11-16)23(33)19-9-6-17(26)14-20(19)27/h4-9,14,16H,10-13H2,1-3H3,(H,28,32). The van der Waals surface area contributed by atoms with Crippen LogP contribution in [-0.4, -0.2) is 39.9 Å². The van der Waals surface area contributed by atoms with Gasteiger partial charge < -0.3 is 14.7 Å². The van der Waals surface area contributed by atoms with Gasteiger partial charge in [-0.05, 0) is 49.2 Å². The largest absolute Gasteiger partial charge is 0.339 e. The molecule has 2 heterocycles. The van der Waals surface area contributed by atoms with Crippen LogP contribution in [-0.2, 0) is 10.2 Å². The summed E-state index contributed by atoms with van der Waals surface area (Å²) >= 11 is 0. The Morgan fingerprint density at radius 3 is 2.32 bits per heavy atom. The number of hydrogen-bond acceptors (Lipinski definition) is 5. The van der Waals surface area contributed by atoms with Gasteiger partial charge in [0.25, 0.3) is 5.91 Å². The zero-order valence-electron chi connectivity index (χ0n) is 19.3. The Labute approximate surface area is 196 Å². The van der Waals surface area contributed by atoms with E-state index >= 15 is 0 Å². The average molecular weight is 469 g/mol. The fourth-order valence-electron chi connectivity index (χ4n) is 3.77. The van der Waals surface area contributed by atoms with Crippen LogP contribution in [0.2, 0.25) is 0 Å². The van der Waals surface area contributed by atoms with Gasteiger partial charge in [0.1, 0.15) is 11.6 Å². The third-order valence-corrected chi connectivity index (χ3v) is 5.79. The molecule has 0 saturated carbocycles. The first-order chi connectivity index (χ1) is 16.1. The van der Waals surface area contributed by atoms with Crippen molar-refractivity contribution < 1.29 is 22.9 Å². The highest BCUT2D eigenvalue weighted by atomic mass is 19.1. The topological polar surface area (TPSA) is 88.3 Å². The van der Waals surface area contributed by atoms with E-state index < -0.39 is 17.5 Å². The number of nitrogens with zero attached hydrogens (tertiary/aromatic N) is 3. The fraction of sp³-hybridized carbons (Fsp3) is 0.360. The van der Waals surface area contributed by atoms with Crippen LogP contribution in [0.15, 0.2) is 47.0 Å². The number of amides is 2. The van der Waals surface area contributed by atoms with Crippen molar-refractivity contribution in [3.63, 3.8) is 0 Å². The lowest BCUT2D eigenvalue weighted by Crippen LogP contribution is -2.41. The summed E-state index contributed by atoms with van der Waals surface area (Å²) in [5, 5.41) is 6.92. The second-order valence-corrected chi connectivity index (χ2v) is 9.43. The lowest BCUT2D eigenvalue weighted by atomic mass is 9.95. The van der Waals surface area contributed by atoms with Crippen molar-refractivity contribution in [2.45, 2.75) is 39.0 Å². The van der Waals surface area contributed by atoms with Crippen LogP contribution in [0.3, 0.4) is 0 Å². The van der Waals surface area contributed by atoms with Gasteiger partial charge in [0.15, 0.2) is 0 Å². The van der Waals surface area contributed by atoms with E-state index in [0.717, 1.165) is 17.7 Å². The maximum Gasteiger partial charge on any atom is 0.256 e. The molecule has 9 heteroatoms. The average Bonchev–Trinajstić information content (AvgIpc) is 3.30. The predicted octanol–water partition coefficient (Wildman–Crippen LogP) is 4.80. The molecule has 0 bridgehead atoms. The van der Waals surface area contributed by atoms with Gasteiger partial charge in [-0.3, -0.25) is 9.59 Å². The van der Waals surface area contributed by atoms with Crippen LogP contribution in [0, 0.1) is 17.6 Å². The monoisotopic (exact) mass is 468 g/mol. The smallest absolute Gasteiger partial charge is 0.256 e. The highest BCUT2D eigenvalue weighted by Crippen LogP contribution is 2.26. The Bertz CT molecular complexity index is 1190. The number of benzene rings is 2. The van der Waals surface area contributed by atoms with Crippen molar-refractivity contribution in [1.82, 2.24) is 15.0 Å². The van der Waals surface area contributed by atoms with E-state index in [0.29, 0.717) is 49.4 Å². The maximum atomic E-state index is 13.9. The number of likely N-dealkylation sites (tertiary alicyclic amines) is 1. The van der Waals surface area contributed by atoms with Gasteiger partial charge in [-0.25, -0.2) is 8.78 Å². The van der Waals surface area contributed by atoms with Crippen molar-refractivity contribution >= 4 is 17.5 Å². The molecule has 0 aliphatic carbocycles. The predicted molar refractivity (Wildman–Crippen MR) is 122 cm³/mol. The van der Waals surface area contributed by atoms with E-state index in [4.69, 9.17) is 4.52 Å². The number of aromatic nitrogens is 2. The molecule has 1 N–H and O–H groups in total. The van der Waals surface area contributed by atoms with Crippen molar-refractivity contribution in [3.05, 3.63) is 65.6 Å². The number of carbonyl (C=O) groups is 2. The van der Waals surface area contributed by atoms with Gasteiger partial charge in [-0.15, -0.1) is 0 Å². The molecule has 4 rings (SSSR count). The lowest BCUT2D eigenvalue weighted by molar-refractivity contribution is -0.121. The van der Waals surface area contributed by atoms with E-state index in [1.54, 1.807) is 12.1 Å². The summed E-state index contributed by atoms with van der Waals surface area (Å²) in [7, 11) is 0. The Kier molecular flexibility index (Phi) is 6.45. The molecular formula is C25H26F2N4O3. The lowest BCUT2D eigenvalue weighted by Gasteiger charge is -2.31. The Morgan fingerprint density at radius 2 is 1.74 bits per heavy atom. The summed E-state index contributed by atoms with van der Waals surface area (Å²) < 4.78 is 32.4. The van der Waals surface area contributed by atoms with Crippen LogP contribution >= 0.6 is 0 Å². The second kappa shape index (κ2) is 9.32. The Morgan fingerprint density at radius 1 is 1.06 bits per heavy atom. The molecule has 178 valence electrons. The molecule has 7 nitrogen and oxygen atoms in total. The molecule has 34 heavy (non-hydrogen) atoms. The fourth-order valence-corrected chi connectivity index (χ4v) is 3.77. The number of hydrogen-bond donors (Lipinski definition) is 1. The molecule has 1 saturated heterocycles. The number of rotatable bonds is 4. The highest BCUT2D eigenvalue weighted by Gasteiger charge is 2.29. The summed E-state index contributed by atoms with van der Waals surface area (Å²) in [6, 6.07) is 10.1. The highest BCUT2D eigenvalue weighted by molar-refractivity contribution is 5.95. The molecule has 0 unspecified atom stereocenters. The minimum Gasteiger partial charge on any atom is -0.339 e. The number of piperidine rings is 1. The Hall–Kier alpha value is -3.62. The number of anilines is 1.